The number of carbonyl (C=O) groups is 2. The van der Waals surface area contributed by atoms with Gasteiger partial charge in [0, 0.05) is 6.54 Å². The van der Waals surface area contributed by atoms with Crippen molar-refractivity contribution in [2.24, 2.45) is 5.73 Å². The quantitative estimate of drug-likeness (QED) is 0.478. The molecule has 6 heteroatoms. The van der Waals surface area contributed by atoms with Crippen molar-refractivity contribution in [1.82, 2.24) is 10.6 Å². The molecular weight excluding hydrogens is 282 g/mol. The Balaban J connectivity index is 2.30. The van der Waals surface area contributed by atoms with Crippen LogP contribution >= 0.6 is 0 Å². The number of benzene rings is 1. The Hall–Kier alpha value is -1.92. The zero-order valence-corrected chi connectivity index (χ0v) is 13.0. The molecule has 0 aliphatic carbocycles. The van der Waals surface area contributed by atoms with Gasteiger partial charge in [-0.3, -0.25) is 4.79 Å². The average Bonchev–Trinajstić information content (AvgIpc) is 2.48. The molecule has 122 valence electrons. The van der Waals surface area contributed by atoms with Crippen LogP contribution in [0.2, 0.25) is 0 Å². The standard InChI is InChI=1S/C16H25N3O3/c1-12-5-7-13(8-6-12)10-18-11-15(20)19-14(16(21)22)4-2-3-9-17/h5-8,14,18H,2-4,9-11,17H2,1H3,(H,19,20)(H,21,22)/t14-/m0/s1. The highest BCUT2D eigenvalue weighted by atomic mass is 16.4. The summed E-state index contributed by atoms with van der Waals surface area (Å²) in [7, 11) is 0. The Morgan fingerprint density at radius 2 is 1.91 bits per heavy atom. The third kappa shape index (κ3) is 7.19. The van der Waals surface area contributed by atoms with Gasteiger partial charge < -0.3 is 21.5 Å². The molecule has 0 heterocycles. The number of carbonyl (C=O) groups excluding carboxylic acids is 1. The van der Waals surface area contributed by atoms with Crippen LogP contribution in [0.5, 0.6) is 0 Å². The number of carboxylic acid groups (broad SMARTS) is 1. The van der Waals surface area contributed by atoms with Crippen LogP contribution < -0.4 is 16.4 Å². The predicted molar refractivity (Wildman–Crippen MR) is 85.4 cm³/mol. The minimum Gasteiger partial charge on any atom is -0.480 e. The third-order valence-electron chi connectivity index (χ3n) is 3.32. The van der Waals surface area contributed by atoms with Gasteiger partial charge in [-0.15, -0.1) is 0 Å². The van der Waals surface area contributed by atoms with Gasteiger partial charge in [-0.2, -0.15) is 0 Å². The van der Waals surface area contributed by atoms with Crippen LogP contribution in [0, 0.1) is 6.92 Å². The lowest BCUT2D eigenvalue weighted by Gasteiger charge is -2.14. The molecule has 0 aliphatic rings. The van der Waals surface area contributed by atoms with Crippen LogP contribution in [0.25, 0.3) is 0 Å². The zero-order valence-electron chi connectivity index (χ0n) is 13.0. The van der Waals surface area contributed by atoms with E-state index >= 15 is 0 Å². The minimum absolute atomic E-state index is 0.0918. The second kappa shape index (κ2) is 9.92. The highest BCUT2D eigenvalue weighted by Crippen LogP contribution is 2.02. The summed E-state index contributed by atoms with van der Waals surface area (Å²) in [4.78, 5) is 22.9. The van der Waals surface area contributed by atoms with Crippen LogP contribution in [-0.4, -0.2) is 36.1 Å². The molecule has 0 unspecified atom stereocenters. The lowest BCUT2D eigenvalue weighted by atomic mass is 10.1. The van der Waals surface area contributed by atoms with E-state index in [-0.39, 0.29) is 12.5 Å². The van der Waals surface area contributed by atoms with Gasteiger partial charge in [-0.1, -0.05) is 29.8 Å². The summed E-state index contributed by atoms with van der Waals surface area (Å²) in [5.74, 6) is -1.32. The monoisotopic (exact) mass is 307 g/mol. The fourth-order valence-corrected chi connectivity index (χ4v) is 2.02. The van der Waals surface area contributed by atoms with Crippen LogP contribution in [0.4, 0.5) is 0 Å². The molecule has 1 aromatic rings. The number of nitrogens with one attached hydrogen (secondary N) is 2. The maximum atomic E-state index is 11.8. The van der Waals surface area contributed by atoms with Gasteiger partial charge in [0.25, 0.3) is 0 Å². The number of carboxylic acids is 1. The van der Waals surface area contributed by atoms with E-state index in [1.807, 2.05) is 31.2 Å². The molecule has 0 bridgehead atoms. The van der Waals surface area contributed by atoms with E-state index in [0.29, 0.717) is 25.9 Å². The number of amides is 1. The summed E-state index contributed by atoms with van der Waals surface area (Å²) in [6.45, 7) is 3.20. The van der Waals surface area contributed by atoms with E-state index in [1.165, 1.54) is 5.56 Å². The fraction of sp³-hybridized carbons (Fsp3) is 0.500. The molecule has 0 spiro atoms. The van der Waals surface area contributed by atoms with Gasteiger partial charge in [0.05, 0.1) is 6.54 Å². The SMILES string of the molecule is Cc1ccc(CNCC(=O)N[C@@H](CCCCN)C(=O)O)cc1. The van der Waals surface area contributed by atoms with Crippen molar-refractivity contribution in [3.05, 3.63) is 35.4 Å². The minimum atomic E-state index is -1.01. The number of rotatable bonds is 10. The largest absolute Gasteiger partial charge is 0.480 e. The van der Waals surface area contributed by atoms with Gasteiger partial charge >= 0.3 is 5.97 Å². The molecule has 0 aliphatic heterocycles. The van der Waals surface area contributed by atoms with E-state index in [1.54, 1.807) is 0 Å². The highest BCUT2D eigenvalue weighted by Gasteiger charge is 2.18. The molecule has 5 N–H and O–H groups in total. The Kier molecular flexibility index (Phi) is 8.17. The van der Waals surface area contributed by atoms with Gasteiger partial charge in [0.15, 0.2) is 0 Å². The number of unbranched alkanes of at least 4 members (excludes halogenated alkanes) is 1. The molecule has 0 radical (unpaired) electrons. The van der Waals surface area contributed by atoms with E-state index in [2.05, 4.69) is 10.6 Å². The zero-order chi connectivity index (χ0) is 16.4. The molecule has 0 fully saturated rings. The molecular formula is C16H25N3O3. The molecule has 1 atom stereocenters. The average molecular weight is 307 g/mol. The van der Waals surface area contributed by atoms with Crippen LogP contribution in [-0.2, 0) is 16.1 Å². The smallest absolute Gasteiger partial charge is 0.326 e. The number of hydrogen-bond donors (Lipinski definition) is 4. The van der Waals surface area contributed by atoms with E-state index < -0.39 is 12.0 Å². The Morgan fingerprint density at radius 3 is 2.50 bits per heavy atom. The van der Waals surface area contributed by atoms with Crippen molar-refractivity contribution in [1.29, 1.82) is 0 Å². The molecule has 6 nitrogen and oxygen atoms in total. The Bertz CT molecular complexity index is 474. The van der Waals surface area contributed by atoms with Crippen molar-refractivity contribution < 1.29 is 14.7 Å². The van der Waals surface area contributed by atoms with E-state index in [4.69, 9.17) is 10.8 Å². The van der Waals surface area contributed by atoms with Crippen molar-refractivity contribution in [3.8, 4) is 0 Å². The lowest BCUT2D eigenvalue weighted by Crippen LogP contribution is -2.44. The maximum absolute atomic E-state index is 11.8. The lowest BCUT2D eigenvalue weighted by molar-refractivity contribution is -0.141. The van der Waals surface area contributed by atoms with Gasteiger partial charge in [-0.25, -0.2) is 4.79 Å². The Morgan fingerprint density at radius 1 is 1.23 bits per heavy atom. The molecule has 0 saturated carbocycles. The fourth-order valence-electron chi connectivity index (χ4n) is 2.02. The number of hydrogen-bond acceptors (Lipinski definition) is 4. The van der Waals surface area contributed by atoms with Crippen molar-refractivity contribution >= 4 is 11.9 Å². The van der Waals surface area contributed by atoms with Crippen LogP contribution in [0.3, 0.4) is 0 Å². The summed E-state index contributed by atoms with van der Waals surface area (Å²) in [5.41, 5.74) is 7.64. The van der Waals surface area contributed by atoms with E-state index in [0.717, 1.165) is 12.0 Å². The molecule has 22 heavy (non-hydrogen) atoms. The second-order valence-electron chi connectivity index (χ2n) is 5.33. The van der Waals surface area contributed by atoms with Gasteiger partial charge in [0.2, 0.25) is 5.91 Å². The summed E-state index contributed by atoms with van der Waals surface area (Å²) in [5, 5.41) is 14.6. The molecule has 1 aromatic carbocycles. The predicted octanol–water partition coefficient (Wildman–Crippen LogP) is 0.783. The Labute approximate surface area is 131 Å². The first-order valence-corrected chi connectivity index (χ1v) is 7.51. The van der Waals surface area contributed by atoms with Crippen LogP contribution in [0.1, 0.15) is 30.4 Å². The van der Waals surface area contributed by atoms with Crippen molar-refractivity contribution in [2.75, 3.05) is 13.1 Å². The molecule has 1 amide bonds. The van der Waals surface area contributed by atoms with Crippen molar-refractivity contribution in [3.63, 3.8) is 0 Å². The van der Waals surface area contributed by atoms with Crippen LogP contribution in [0.15, 0.2) is 24.3 Å². The number of aryl methyl sites for hydroxylation is 1. The third-order valence-corrected chi connectivity index (χ3v) is 3.32. The summed E-state index contributed by atoms with van der Waals surface area (Å²) in [6.07, 6.45) is 1.84. The summed E-state index contributed by atoms with van der Waals surface area (Å²) >= 11 is 0. The topological polar surface area (TPSA) is 104 Å². The van der Waals surface area contributed by atoms with Gasteiger partial charge in [0.1, 0.15) is 6.04 Å². The second-order valence-corrected chi connectivity index (χ2v) is 5.33. The molecule has 0 aromatic heterocycles. The number of aliphatic carboxylic acids is 1. The summed E-state index contributed by atoms with van der Waals surface area (Å²) < 4.78 is 0. The van der Waals surface area contributed by atoms with Gasteiger partial charge in [-0.05, 0) is 38.3 Å². The first-order chi connectivity index (χ1) is 10.5. The molecule has 1 rings (SSSR count). The summed E-state index contributed by atoms with van der Waals surface area (Å²) in [6, 6.07) is 7.16. The molecule has 0 saturated heterocycles. The number of nitrogens with two attached hydrogens (primary N) is 1. The van der Waals surface area contributed by atoms with E-state index in [9.17, 15) is 9.59 Å². The maximum Gasteiger partial charge on any atom is 0.326 e. The van der Waals surface area contributed by atoms with Crippen molar-refractivity contribution in [2.45, 2.75) is 38.8 Å². The first kappa shape index (κ1) is 18.1. The highest BCUT2D eigenvalue weighted by molar-refractivity contribution is 5.84. The normalized spacial score (nSPS) is 11.9. The first-order valence-electron chi connectivity index (χ1n) is 7.51.